The third kappa shape index (κ3) is 1.43. The van der Waals surface area contributed by atoms with E-state index in [0.717, 1.165) is 0 Å². The predicted octanol–water partition coefficient (Wildman–Crippen LogP) is 2.79. The smallest absolute Gasteiger partial charge is 0.337 e. The topological polar surface area (TPSA) is 59.7 Å². The minimum absolute atomic E-state index is 0.00224. The second-order valence-electron chi connectivity index (χ2n) is 2.91. The van der Waals surface area contributed by atoms with Crippen LogP contribution in [0.3, 0.4) is 0 Å². The fraction of sp³-hybridized carbons (Fsp3) is 0.100. The van der Waals surface area contributed by atoms with Crippen LogP contribution in [0.1, 0.15) is 10.4 Å². The number of carboxylic acid groups (broad SMARTS) is 1. The molecule has 78 valence electrons. The molecule has 2 rings (SSSR count). The van der Waals surface area contributed by atoms with Crippen molar-refractivity contribution in [2.75, 3.05) is 7.11 Å². The molecular formula is C10H7ClO4. The Bertz CT molecular complexity index is 529. The quantitative estimate of drug-likeness (QED) is 0.855. The van der Waals surface area contributed by atoms with Crippen molar-refractivity contribution in [3.05, 3.63) is 29.0 Å². The SMILES string of the molecule is COc1cc(C(=O)O)c(Cl)c2ccoc12. The van der Waals surface area contributed by atoms with Crippen molar-refractivity contribution >= 4 is 28.5 Å². The first-order chi connectivity index (χ1) is 7.15. The summed E-state index contributed by atoms with van der Waals surface area (Å²) in [6, 6.07) is 2.95. The van der Waals surface area contributed by atoms with Crippen LogP contribution in [0.4, 0.5) is 0 Å². The second kappa shape index (κ2) is 3.47. The van der Waals surface area contributed by atoms with Gasteiger partial charge in [0.2, 0.25) is 0 Å². The zero-order chi connectivity index (χ0) is 11.0. The average molecular weight is 227 g/mol. The number of hydrogen-bond donors (Lipinski definition) is 1. The monoisotopic (exact) mass is 226 g/mol. The number of hydrogen-bond acceptors (Lipinski definition) is 3. The van der Waals surface area contributed by atoms with E-state index in [4.69, 9.17) is 25.9 Å². The zero-order valence-electron chi connectivity index (χ0n) is 7.78. The Morgan fingerprint density at radius 1 is 1.60 bits per heavy atom. The maximum absolute atomic E-state index is 10.9. The van der Waals surface area contributed by atoms with Gasteiger partial charge >= 0.3 is 5.97 Å². The lowest BCUT2D eigenvalue weighted by Crippen LogP contribution is -1.98. The highest BCUT2D eigenvalue weighted by molar-refractivity contribution is 6.38. The van der Waals surface area contributed by atoms with Crippen LogP contribution < -0.4 is 4.74 Å². The number of ether oxygens (including phenoxy) is 1. The summed E-state index contributed by atoms with van der Waals surface area (Å²) in [5.41, 5.74) is 0.454. The van der Waals surface area contributed by atoms with Gasteiger partial charge in [-0.3, -0.25) is 0 Å². The molecule has 0 saturated heterocycles. The maximum Gasteiger partial charge on any atom is 0.337 e. The van der Waals surface area contributed by atoms with Gasteiger partial charge in [0.15, 0.2) is 11.3 Å². The minimum Gasteiger partial charge on any atom is -0.493 e. The van der Waals surface area contributed by atoms with Crippen molar-refractivity contribution in [3.8, 4) is 5.75 Å². The number of carboxylic acids is 1. The van der Waals surface area contributed by atoms with Crippen molar-refractivity contribution in [1.29, 1.82) is 0 Å². The Balaban J connectivity index is 2.84. The van der Waals surface area contributed by atoms with Crippen molar-refractivity contribution < 1.29 is 19.1 Å². The van der Waals surface area contributed by atoms with Gasteiger partial charge in [-0.15, -0.1) is 0 Å². The van der Waals surface area contributed by atoms with Crippen molar-refractivity contribution in [3.63, 3.8) is 0 Å². The summed E-state index contributed by atoms with van der Waals surface area (Å²) in [6.45, 7) is 0. The highest BCUT2D eigenvalue weighted by Crippen LogP contribution is 2.35. The molecule has 1 aromatic carbocycles. The van der Waals surface area contributed by atoms with Crippen LogP contribution in [0.25, 0.3) is 11.0 Å². The Hall–Kier alpha value is -1.68. The van der Waals surface area contributed by atoms with Gasteiger partial charge in [0, 0.05) is 11.5 Å². The lowest BCUT2D eigenvalue weighted by atomic mass is 10.1. The Morgan fingerprint density at radius 2 is 2.33 bits per heavy atom. The van der Waals surface area contributed by atoms with E-state index in [9.17, 15) is 4.79 Å². The van der Waals surface area contributed by atoms with Gasteiger partial charge in [-0.25, -0.2) is 4.79 Å². The summed E-state index contributed by atoms with van der Waals surface area (Å²) in [5.74, 6) is -0.738. The van der Waals surface area contributed by atoms with Crippen LogP contribution in [0.2, 0.25) is 5.02 Å². The van der Waals surface area contributed by atoms with Crippen LogP contribution in [-0.2, 0) is 0 Å². The van der Waals surface area contributed by atoms with Gasteiger partial charge in [0.05, 0.1) is 24.0 Å². The molecule has 1 heterocycles. The summed E-state index contributed by atoms with van der Waals surface area (Å²) in [7, 11) is 1.44. The van der Waals surface area contributed by atoms with E-state index < -0.39 is 5.97 Å². The van der Waals surface area contributed by atoms with Crippen LogP contribution in [0, 0.1) is 0 Å². The normalized spacial score (nSPS) is 10.5. The van der Waals surface area contributed by atoms with Crippen molar-refractivity contribution in [1.82, 2.24) is 0 Å². The van der Waals surface area contributed by atoms with Crippen molar-refractivity contribution in [2.45, 2.75) is 0 Å². The average Bonchev–Trinajstić information content (AvgIpc) is 2.67. The highest BCUT2D eigenvalue weighted by Gasteiger charge is 2.17. The fourth-order valence-electron chi connectivity index (χ4n) is 1.39. The Morgan fingerprint density at radius 3 is 2.93 bits per heavy atom. The van der Waals surface area contributed by atoms with E-state index in [2.05, 4.69) is 0 Å². The lowest BCUT2D eigenvalue weighted by molar-refractivity contribution is 0.0697. The van der Waals surface area contributed by atoms with Gasteiger partial charge in [-0.05, 0) is 6.07 Å². The predicted molar refractivity (Wildman–Crippen MR) is 54.7 cm³/mol. The van der Waals surface area contributed by atoms with E-state index in [0.29, 0.717) is 16.7 Å². The molecule has 0 saturated carbocycles. The number of rotatable bonds is 2. The summed E-state index contributed by atoms with van der Waals surface area (Å²) in [6.07, 6.45) is 1.44. The third-order valence-electron chi connectivity index (χ3n) is 2.09. The second-order valence-corrected chi connectivity index (χ2v) is 3.29. The van der Waals surface area contributed by atoms with Gasteiger partial charge in [-0.1, -0.05) is 11.6 Å². The summed E-state index contributed by atoms with van der Waals surface area (Å²) in [4.78, 5) is 10.9. The van der Waals surface area contributed by atoms with E-state index in [1.54, 1.807) is 6.07 Å². The molecule has 0 amide bonds. The molecule has 0 bridgehead atoms. The van der Waals surface area contributed by atoms with Gasteiger partial charge in [-0.2, -0.15) is 0 Å². The van der Waals surface area contributed by atoms with E-state index in [1.165, 1.54) is 19.4 Å². The molecule has 4 nitrogen and oxygen atoms in total. The number of halogens is 1. The summed E-state index contributed by atoms with van der Waals surface area (Å²) < 4.78 is 10.2. The van der Waals surface area contributed by atoms with Crippen LogP contribution in [-0.4, -0.2) is 18.2 Å². The number of methoxy groups -OCH3 is 1. The lowest BCUT2D eigenvalue weighted by Gasteiger charge is -2.04. The molecule has 5 heteroatoms. The molecule has 0 unspecified atom stereocenters. The van der Waals surface area contributed by atoms with Crippen LogP contribution in [0.5, 0.6) is 5.75 Å². The van der Waals surface area contributed by atoms with Gasteiger partial charge < -0.3 is 14.3 Å². The Kier molecular flexibility index (Phi) is 2.28. The summed E-state index contributed by atoms with van der Waals surface area (Å²) >= 11 is 5.91. The molecule has 1 N–H and O–H groups in total. The van der Waals surface area contributed by atoms with Gasteiger partial charge in [0.25, 0.3) is 0 Å². The molecular weight excluding hydrogens is 220 g/mol. The molecule has 0 fully saturated rings. The zero-order valence-corrected chi connectivity index (χ0v) is 8.54. The molecule has 15 heavy (non-hydrogen) atoms. The first-order valence-corrected chi connectivity index (χ1v) is 4.50. The minimum atomic E-state index is -1.10. The van der Waals surface area contributed by atoms with E-state index in [1.807, 2.05) is 0 Å². The van der Waals surface area contributed by atoms with Crippen molar-refractivity contribution in [2.24, 2.45) is 0 Å². The molecule has 0 atom stereocenters. The molecule has 0 radical (unpaired) electrons. The molecule has 0 aliphatic heterocycles. The number of fused-ring (bicyclic) bond motifs is 1. The molecule has 0 spiro atoms. The molecule has 0 aliphatic carbocycles. The standard InChI is InChI=1S/C10H7ClO4/c1-14-7-4-6(10(12)13)8(11)5-2-3-15-9(5)7/h2-4H,1H3,(H,12,13). The highest BCUT2D eigenvalue weighted by atomic mass is 35.5. The fourth-order valence-corrected chi connectivity index (χ4v) is 1.67. The Labute approximate surface area is 90.0 Å². The first-order valence-electron chi connectivity index (χ1n) is 4.12. The number of carbonyl (C=O) groups is 1. The van der Waals surface area contributed by atoms with E-state index >= 15 is 0 Å². The third-order valence-corrected chi connectivity index (χ3v) is 2.49. The molecule has 1 aromatic heterocycles. The van der Waals surface area contributed by atoms with Gasteiger partial charge in [0.1, 0.15) is 0 Å². The van der Waals surface area contributed by atoms with E-state index in [-0.39, 0.29) is 10.6 Å². The van der Waals surface area contributed by atoms with Crippen LogP contribution >= 0.6 is 11.6 Å². The summed E-state index contributed by atoms with van der Waals surface area (Å²) in [5, 5.41) is 9.61. The van der Waals surface area contributed by atoms with Crippen LogP contribution in [0.15, 0.2) is 22.8 Å². The molecule has 2 aromatic rings. The number of furan rings is 1. The maximum atomic E-state index is 10.9. The first kappa shape index (κ1) is 9.86. The number of benzene rings is 1. The number of aromatic carboxylic acids is 1. The molecule has 0 aliphatic rings. The largest absolute Gasteiger partial charge is 0.493 e.